The maximum atomic E-state index is 13.2. The number of carbonyl (C=O) groups is 2. The van der Waals surface area contributed by atoms with E-state index in [9.17, 15) is 18.0 Å². The number of nitrogens with zero attached hydrogens (tertiary/aromatic N) is 2. The van der Waals surface area contributed by atoms with Crippen LogP contribution in [0.25, 0.3) is 0 Å². The largest absolute Gasteiger partial charge is 0.465 e. The van der Waals surface area contributed by atoms with Gasteiger partial charge in [-0.2, -0.15) is 0 Å². The predicted molar refractivity (Wildman–Crippen MR) is 121 cm³/mol. The third kappa shape index (κ3) is 7.50. The minimum atomic E-state index is -3.46. The van der Waals surface area contributed by atoms with Crippen molar-refractivity contribution in [2.45, 2.75) is 51.7 Å². The van der Waals surface area contributed by atoms with Gasteiger partial charge in [-0.05, 0) is 57.7 Å². The molecule has 2 heterocycles. The first-order chi connectivity index (χ1) is 14.5. The number of hydrogen-bond acceptors (Lipinski definition) is 8. The summed E-state index contributed by atoms with van der Waals surface area (Å²) in [6.45, 7) is 6.80. The van der Waals surface area contributed by atoms with Crippen molar-refractivity contribution >= 4 is 32.9 Å². The smallest absolute Gasteiger partial charge is 0.316 e. The van der Waals surface area contributed by atoms with E-state index in [-0.39, 0.29) is 31.0 Å². The van der Waals surface area contributed by atoms with Gasteiger partial charge in [0.05, 0.1) is 28.3 Å². The average molecular weight is 467 g/mol. The lowest BCUT2D eigenvalue weighted by molar-refractivity contribution is -0.151. The SMILES string of the molecule is CCOC(=O)[C@H](Cc1cscn1)C(=O)C[C@@H](Cc1ccncc1)CS(=O)(=O)C(C)(C)C. The molecule has 2 aromatic rings. The highest BCUT2D eigenvalue weighted by Crippen LogP contribution is 2.25. The number of hydrogen-bond donors (Lipinski definition) is 0. The van der Waals surface area contributed by atoms with E-state index in [2.05, 4.69) is 9.97 Å². The molecular formula is C22H30N2O5S2. The van der Waals surface area contributed by atoms with Crippen molar-refractivity contribution in [1.82, 2.24) is 9.97 Å². The topological polar surface area (TPSA) is 103 Å². The predicted octanol–water partition coefficient (Wildman–Crippen LogP) is 3.29. The number of sulfone groups is 1. The van der Waals surface area contributed by atoms with Crippen molar-refractivity contribution < 1.29 is 22.7 Å². The van der Waals surface area contributed by atoms with Gasteiger partial charge in [0.25, 0.3) is 0 Å². The van der Waals surface area contributed by atoms with Crippen LogP contribution in [0, 0.1) is 11.8 Å². The Morgan fingerprint density at radius 1 is 1.16 bits per heavy atom. The number of Topliss-reactive ketones (excluding diaryl/α,β-unsaturated/α-hetero) is 1. The summed E-state index contributed by atoms with van der Waals surface area (Å²) in [6.07, 6.45) is 3.78. The zero-order chi connectivity index (χ0) is 23.1. The third-order valence-electron chi connectivity index (χ3n) is 5.01. The first-order valence-corrected chi connectivity index (χ1v) is 12.8. The van der Waals surface area contributed by atoms with Crippen LogP contribution in [0.3, 0.4) is 0 Å². The van der Waals surface area contributed by atoms with E-state index in [0.717, 1.165) is 5.56 Å². The van der Waals surface area contributed by atoms with E-state index in [1.165, 1.54) is 11.3 Å². The molecule has 2 rings (SSSR count). The Morgan fingerprint density at radius 2 is 1.84 bits per heavy atom. The van der Waals surface area contributed by atoms with E-state index in [4.69, 9.17) is 4.74 Å². The van der Waals surface area contributed by atoms with E-state index in [0.29, 0.717) is 12.1 Å². The molecule has 0 bridgehead atoms. The number of aromatic nitrogens is 2. The highest BCUT2D eigenvalue weighted by molar-refractivity contribution is 7.92. The van der Waals surface area contributed by atoms with Gasteiger partial charge in [0.15, 0.2) is 9.84 Å². The number of pyridine rings is 1. The minimum absolute atomic E-state index is 0.0365. The molecule has 7 nitrogen and oxygen atoms in total. The Morgan fingerprint density at radius 3 is 2.39 bits per heavy atom. The second kappa shape index (κ2) is 10.9. The second-order valence-electron chi connectivity index (χ2n) is 8.48. The van der Waals surface area contributed by atoms with Gasteiger partial charge in [-0.3, -0.25) is 14.6 Å². The van der Waals surface area contributed by atoms with Crippen molar-refractivity contribution in [3.05, 3.63) is 46.7 Å². The highest BCUT2D eigenvalue weighted by Gasteiger charge is 2.35. The fraction of sp³-hybridized carbons (Fsp3) is 0.545. The molecule has 0 saturated carbocycles. The van der Waals surface area contributed by atoms with Gasteiger partial charge in [-0.15, -0.1) is 11.3 Å². The zero-order valence-corrected chi connectivity index (χ0v) is 20.0. The summed E-state index contributed by atoms with van der Waals surface area (Å²) in [6, 6.07) is 3.61. The molecule has 0 radical (unpaired) electrons. The quantitative estimate of drug-likeness (QED) is 0.370. The molecule has 170 valence electrons. The Bertz CT molecular complexity index is 952. The third-order valence-corrected chi connectivity index (χ3v) is 8.42. The standard InChI is InChI=1S/C22H30N2O5S2/c1-5-29-21(26)19(12-18-13-30-15-24-18)20(25)11-17(10-16-6-8-23-9-7-16)14-31(27,28)22(2,3)4/h6-9,13,15,17,19H,5,10-12,14H2,1-4H3/t17-,19-/m1/s1. The van der Waals surface area contributed by atoms with E-state index >= 15 is 0 Å². The molecule has 0 aliphatic rings. The average Bonchev–Trinajstić information content (AvgIpc) is 3.19. The molecule has 2 atom stereocenters. The number of esters is 1. The van der Waals surface area contributed by atoms with Crippen LogP contribution in [0.4, 0.5) is 0 Å². The molecule has 0 saturated heterocycles. The number of ether oxygens (including phenoxy) is 1. The van der Waals surface area contributed by atoms with E-state index in [1.807, 2.05) is 0 Å². The van der Waals surface area contributed by atoms with Crippen LogP contribution in [0.1, 0.15) is 45.4 Å². The van der Waals surface area contributed by atoms with Crippen molar-refractivity contribution in [1.29, 1.82) is 0 Å². The van der Waals surface area contributed by atoms with Crippen molar-refractivity contribution in [2.24, 2.45) is 11.8 Å². The zero-order valence-electron chi connectivity index (χ0n) is 18.4. The van der Waals surface area contributed by atoms with Crippen molar-refractivity contribution in [3.63, 3.8) is 0 Å². The highest BCUT2D eigenvalue weighted by atomic mass is 32.2. The summed E-state index contributed by atoms with van der Waals surface area (Å²) in [5.74, 6) is -2.53. The molecule has 0 amide bonds. The fourth-order valence-corrected chi connectivity index (χ4v) is 5.08. The molecule has 9 heteroatoms. The van der Waals surface area contributed by atoms with Gasteiger partial charge in [-0.1, -0.05) is 0 Å². The lowest BCUT2D eigenvalue weighted by Gasteiger charge is -2.25. The van der Waals surface area contributed by atoms with Crippen LogP contribution in [0.5, 0.6) is 0 Å². The molecule has 31 heavy (non-hydrogen) atoms. The Labute approximate surface area is 188 Å². The van der Waals surface area contributed by atoms with Gasteiger partial charge in [0.1, 0.15) is 11.7 Å². The first kappa shape index (κ1) is 25.1. The van der Waals surface area contributed by atoms with Crippen molar-refractivity contribution in [2.75, 3.05) is 12.4 Å². The van der Waals surface area contributed by atoms with Crippen LogP contribution in [-0.4, -0.2) is 47.2 Å². The molecule has 0 fully saturated rings. The van der Waals surface area contributed by atoms with Gasteiger partial charge >= 0.3 is 5.97 Å². The number of thiazole rings is 1. The van der Waals surface area contributed by atoms with Crippen LogP contribution in [0.2, 0.25) is 0 Å². The number of rotatable bonds is 11. The van der Waals surface area contributed by atoms with Gasteiger partial charge in [0, 0.05) is 30.6 Å². The molecule has 0 aromatic carbocycles. The Hall–Kier alpha value is -2.13. The summed E-state index contributed by atoms with van der Waals surface area (Å²) >= 11 is 1.38. The van der Waals surface area contributed by atoms with Gasteiger partial charge < -0.3 is 4.74 Å². The lowest BCUT2D eigenvalue weighted by Crippen LogP contribution is -2.36. The molecule has 0 N–H and O–H groups in total. The van der Waals surface area contributed by atoms with Crippen LogP contribution in [-0.2, 0) is 37.0 Å². The number of ketones is 1. The van der Waals surface area contributed by atoms with Crippen molar-refractivity contribution in [3.8, 4) is 0 Å². The summed E-state index contributed by atoms with van der Waals surface area (Å²) in [5, 5.41) is 1.79. The van der Waals surface area contributed by atoms with E-state index in [1.54, 1.807) is 63.1 Å². The maximum absolute atomic E-state index is 13.2. The monoisotopic (exact) mass is 466 g/mol. The lowest BCUT2D eigenvalue weighted by atomic mass is 9.89. The molecule has 0 aliphatic carbocycles. The summed E-state index contributed by atoms with van der Waals surface area (Å²) in [7, 11) is -3.46. The Kier molecular flexibility index (Phi) is 8.88. The Balaban J connectivity index is 2.26. The van der Waals surface area contributed by atoms with Crippen LogP contribution < -0.4 is 0 Å². The fourth-order valence-electron chi connectivity index (χ4n) is 3.15. The molecule has 0 unspecified atom stereocenters. The maximum Gasteiger partial charge on any atom is 0.316 e. The summed E-state index contributed by atoms with van der Waals surface area (Å²) in [4.78, 5) is 33.9. The molecule has 2 aromatic heterocycles. The second-order valence-corrected chi connectivity index (χ2v) is 12.0. The minimum Gasteiger partial charge on any atom is -0.465 e. The number of carbonyl (C=O) groups excluding carboxylic acids is 2. The molecular weight excluding hydrogens is 436 g/mol. The van der Waals surface area contributed by atoms with E-state index < -0.39 is 32.4 Å². The van der Waals surface area contributed by atoms with Gasteiger partial charge in [0.2, 0.25) is 0 Å². The van der Waals surface area contributed by atoms with Crippen LogP contribution in [0.15, 0.2) is 35.4 Å². The van der Waals surface area contributed by atoms with Crippen LogP contribution >= 0.6 is 11.3 Å². The summed E-state index contributed by atoms with van der Waals surface area (Å²) < 4.78 is 29.9. The first-order valence-electron chi connectivity index (χ1n) is 10.2. The summed E-state index contributed by atoms with van der Waals surface area (Å²) in [5.41, 5.74) is 3.18. The normalized spacial score (nSPS) is 14.1. The van der Waals surface area contributed by atoms with Gasteiger partial charge in [-0.25, -0.2) is 13.4 Å². The molecule has 0 aliphatic heterocycles. The molecule has 0 spiro atoms.